The smallest absolute Gasteiger partial charge is 0.162 e. The quantitative estimate of drug-likeness (QED) is 0.185. The number of aromatic nitrogens is 4. The van der Waals surface area contributed by atoms with Gasteiger partial charge in [0.1, 0.15) is 5.82 Å². The van der Waals surface area contributed by atoms with Gasteiger partial charge in [-0.2, -0.15) is 0 Å². The first-order valence-electron chi connectivity index (χ1n) is 17.3. The minimum atomic E-state index is 0.702. The first-order valence-corrected chi connectivity index (χ1v) is 17.3. The third-order valence-electron chi connectivity index (χ3n) is 9.98. The lowest BCUT2D eigenvalue weighted by molar-refractivity contribution is 1.05. The third kappa shape index (κ3) is 4.84. The monoisotopic (exact) mass is 652 g/mol. The van der Waals surface area contributed by atoms with Crippen molar-refractivity contribution < 1.29 is 0 Å². The van der Waals surface area contributed by atoms with Gasteiger partial charge in [0.05, 0.1) is 27.8 Å². The zero-order valence-corrected chi connectivity index (χ0v) is 28.0. The topological polar surface area (TPSA) is 35.6 Å². The summed E-state index contributed by atoms with van der Waals surface area (Å²) in [5.74, 6) is 1.54. The molecule has 0 amide bonds. The summed E-state index contributed by atoms with van der Waals surface area (Å²) in [4.78, 5) is 10.3. The van der Waals surface area contributed by atoms with Crippen LogP contribution in [0.25, 0.3) is 88.9 Å². The third-order valence-corrected chi connectivity index (χ3v) is 9.98. The van der Waals surface area contributed by atoms with E-state index in [1.165, 1.54) is 49.3 Å². The summed E-state index contributed by atoms with van der Waals surface area (Å²) in [6.07, 6.45) is 0. The lowest BCUT2D eigenvalue weighted by atomic mass is 10.0. The van der Waals surface area contributed by atoms with Crippen molar-refractivity contribution in [2.75, 3.05) is 0 Å². The summed E-state index contributed by atoms with van der Waals surface area (Å²) in [5, 5.41) is 4.89. The van der Waals surface area contributed by atoms with Gasteiger partial charge in [-0.15, -0.1) is 0 Å². The minimum Gasteiger partial charge on any atom is -0.309 e. The van der Waals surface area contributed by atoms with Crippen molar-refractivity contribution in [3.63, 3.8) is 0 Å². The molecular weight excluding hydrogens is 621 g/mol. The van der Waals surface area contributed by atoms with Crippen LogP contribution >= 0.6 is 0 Å². The molecule has 0 aliphatic rings. The van der Waals surface area contributed by atoms with Crippen LogP contribution < -0.4 is 0 Å². The van der Waals surface area contributed by atoms with E-state index in [1.807, 2.05) is 24.3 Å². The van der Waals surface area contributed by atoms with Gasteiger partial charge in [0.15, 0.2) is 5.82 Å². The molecule has 0 saturated heterocycles. The van der Waals surface area contributed by atoms with Crippen molar-refractivity contribution in [1.29, 1.82) is 0 Å². The van der Waals surface area contributed by atoms with E-state index in [0.29, 0.717) is 5.82 Å². The molecule has 3 heterocycles. The Bertz CT molecular complexity index is 2840. The Morgan fingerprint density at radius 1 is 0.373 bits per heavy atom. The highest BCUT2D eigenvalue weighted by atomic mass is 15.1. The maximum absolute atomic E-state index is 5.21. The van der Waals surface area contributed by atoms with E-state index in [1.54, 1.807) is 0 Å². The van der Waals surface area contributed by atoms with Crippen LogP contribution in [0.4, 0.5) is 0 Å². The van der Waals surface area contributed by atoms with Crippen LogP contribution in [-0.4, -0.2) is 19.1 Å². The second kappa shape index (κ2) is 11.7. The first-order chi connectivity index (χ1) is 25.2. The molecule has 0 bridgehead atoms. The number of benzene rings is 7. The average Bonchev–Trinajstić information content (AvgIpc) is 3.70. The second-order valence-corrected chi connectivity index (χ2v) is 13.2. The number of para-hydroxylation sites is 2. The van der Waals surface area contributed by atoms with Crippen molar-refractivity contribution in [3.8, 4) is 45.3 Å². The highest BCUT2D eigenvalue weighted by Crippen LogP contribution is 2.39. The second-order valence-electron chi connectivity index (χ2n) is 13.2. The summed E-state index contributed by atoms with van der Waals surface area (Å²) >= 11 is 0. The van der Waals surface area contributed by atoms with Gasteiger partial charge in [0.25, 0.3) is 0 Å². The minimum absolute atomic E-state index is 0.702. The van der Waals surface area contributed by atoms with Crippen molar-refractivity contribution in [2.45, 2.75) is 6.92 Å². The van der Waals surface area contributed by atoms with Crippen molar-refractivity contribution in [2.24, 2.45) is 0 Å². The summed E-state index contributed by atoms with van der Waals surface area (Å²) in [5.41, 5.74) is 12.3. The van der Waals surface area contributed by atoms with Gasteiger partial charge < -0.3 is 4.57 Å². The molecule has 10 rings (SSSR count). The van der Waals surface area contributed by atoms with Crippen molar-refractivity contribution >= 4 is 43.6 Å². The molecule has 4 heteroatoms. The molecular formula is C47H32N4. The Kier molecular flexibility index (Phi) is 6.68. The molecule has 4 nitrogen and oxygen atoms in total. The first kappa shape index (κ1) is 29.2. The van der Waals surface area contributed by atoms with Crippen LogP contribution in [0, 0.1) is 6.92 Å². The van der Waals surface area contributed by atoms with Gasteiger partial charge in [-0.05, 0) is 72.6 Å². The van der Waals surface area contributed by atoms with Gasteiger partial charge in [-0.1, -0.05) is 121 Å². The van der Waals surface area contributed by atoms with E-state index in [9.17, 15) is 0 Å². The van der Waals surface area contributed by atoms with Crippen LogP contribution in [-0.2, 0) is 0 Å². The van der Waals surface area contributed by atoms with Gasteiger partial charge in [-0.25, -0.2) is 9.97 Å². The molecule has 0 aliphatic carbocycles. The number of nitrogens with zero attached hydrogens (tertiary/aromatic N) is 4. The summed E-state index contributed by atoms with van der Waals surface area (Å²) < 4.78 is 4.66. The predicted molar refractivity (Wildman–Crippen MR) is 212 cm³/mol. The SMILES string of the molecule is Cc1ccc2c(c1)c1cc(-c3ccc4c(c3)c3ccccc3n4-c3ccccc3)ccc1n2-c1cc(-c2ccccc2)nc(-c2ccccc2)n1. The zero-order chi connectivity index (χ0) is 33.9. The number of aryl methyl sites for hydroxylation is 1. The summed E-state index contributed by atoms with van der Waals surface area (Å²) in [6.45, 7) is 2.16. The Labute approximate surface area is 295 Å². The standard InChI is InChI=1S/C47H32N4/c1-31-21-24-44-38(27-31)40-29-35(34-22-25-43-39(28-34)37-19-11-12-20-42(37)50(43)36-17-9-4-10-18-36)23-26-45(40)51(44)46-30-41(32-13-5-2-6-14-32)48-47(49-46)33-15-7-3-8-16-33/h2-30H,1H3. The van der Waals surface area contributed by atoms with E-state index in [4.69, 9.17) is 9.97 Å². The molecule has 10 aromatic rings. The number of hydrogen-bond donors (Lipinski definition) is 0. The fourth-order valence-electron chi connectivity index (χ4n) is 7.59. The average molecular weight is 653 g/mol. The number of fused-ring (bicyclic) bond motifs is 6. The molecule has 0 aliphatic heterocycles. The molecule has 0 N–H and O–H groups in total. The normalized spacial score (nSPS) is 11.6. The lowest BCUT2D eigenvalue weighted by Gasteiger charge is -2.12. The maximum atomic E-state index is 5.21. The fraction of sp³-hybridized carbons (Fsp3) is 0.0213. The summed E-state index contributed by atoms with van der Waals surface area (Å²) in [7, 11) is 0. The molecule has 0 unspecified atom stereocenters. The van der Waals surface area contributed by atoms with Crippen LogP contribution in [0.2, 0.25) is 0 Å². The Morgan fingerprint density at radius 2 is 0.902 bits per heavy atom. The Balaban J connectivity index is 1.18. The number of rotatable bonds is 5. The van der Waals surface area contributed by atoms with E-state index in [-0.39, 0.29) is 0 Å². The molecule has 0 fully saturated rings. The van der Waals surface area contributed by atoms with E-state index in [0.717, 1.165) is 39.4 Å². The number of hydrogen-bond acceptors (Lipinski definition) is 2. The van der Waals surface area contributed by atoms with Crippen LogP contribution in [0.5, 0.6) is 0 Å². The highest BCUT2D eigenvalue weighted by molar-refractivity contribution is 6.12. The molecule has 240 valence electrons. The maximum Gasteiger partial charge on any atom is 0.162 e. The molecule has 0 atom stereocenters. The predicted octanol–water partition coefficient (Wildman–Crippen LogP) is 12.0. The van der Waals surface area contributed by atoms with Gasteiger partial charge >= 0.3 is 0 Å². The summed E-state index contributed by atoms with van der Waals surface area (Å²) in [6, 6.07) is 62.5. The molecule has 0 saturated carbocycles. The molecule has 0 radical (unpaired) electrons. The van der Waals surface area contributed by atoms with Gasteiger partial charge in [-0.3, -0.25) is 4.57 Å². The lowest BCUT2D eigenvalue weighted by Crippen LogP contribution is -2.02. The van der Waals surface area contributed by atoms with E-state index in [2.05, 4.69) is 168 Å². The highest BCUT2D eigenvalue weighted by Gasteiger charge is 2.18. The molecule has 3 aromatic heterocycles. The van der Waals surface area contributed by atoms with Crippen molar-refractivity contribution in [1.82, 2.24) is 19.1 Å². The zero-order valence-electron chi connectivity index (χ0n) is 28.0. The largest absolute Gasteiger partial charge is 0.309 e. The fourth-order valence-corrected chi connectivity index (χ4v) is 7.59. The van der Waals surface area contributed by atoms with E-state index >= 15 is 0 Å². The Morgan fingerprint density at radius 3 is 1.61 bits per heavy atom. The van der Waals surface area contributed by atoms with Gasteiger partial charge in [0.2, 0.25) is 0 Å². The van der Waals surface area contributed by atoms with E-state index < -0.39 is 0 Å². The van der Waals surface area contributed by atoms with Gasteiger partial charge in [0, 0.05) is 44.4 Å². The molecule has 7 aromatic carbocycles. The molecule has 51 heavy (non-hydrogen) atoms. The van der Waals surface area contributed by atoms with Crippen molar-refractivity contribution in [3.05, 3.63) is 181 Å². The van der Waals surface area contributed by atoms with Crippen LogP contribution in [0.15, 0.2) is 176 Å². The molecule has 0 spiro atoms. The van der Waals surface area contributed by atoms with Crippen LogP contribution in [0.1, 0.15) is 5.56 Å². The Hall–Kier alpha value is -6.78. The van der Waals surface area contributed by atoms with Crippen LogP contribution in [0.3, 0.4) is 0 Å².